The molecule has 0 aliphatic carbocycles. The van der Waals surface area contributed by atoms with Crippen LogP contribution in [0.3, 0.4) is 0 Å². The van der Waals surface area contributed by atoms with Crippen LogP contribution in [0.25, 0.3) is 0 Å². The smallest absolute Gasteiger partial charge is 0.193 e. The number of hydrogen-bond donors (Lipinski definition) is 2. The minimum Gasteiger partial charge on any atom is -0.380 e. The third kappa shape index (κ3) is 4.48. The summed E-state index contributed by atoms with van der Waals surface area (Å²) in [5.74, 6) is 0.346. The number of guanidine groups is 1. The molecule has 0 aliphatic heterocycles. The van der Waals surface area contributed by atoms with Gasteiger partial charge >= 0.3 is 0 Å². The molecular weight excluding hydrogens is 286 g/mol. The van der Waals surface area contributed by atoms with E-state index in [0.717, 1.165) is 16.8 Å². The van der Waals surface area contributed by atoms with Crippen LogP contribution in [0, 0.1) is 0 Å². The first-order chi connectivity index (χ1) is 10.2. The van der Waals surface area contributed by atoms with Crippen LogP contribution >= 0.6 is 11.6 Å². The molecule has 0 heterocycles. The van der Waals surface area contributed by atoms with Crippen molar-refractivity contribution >= 4 is 23.2 Å². The van der Waals surface area contributed by atoms with E-state index >= 15 is 0 Å². The van der Waals surface area contributed by atoms with Crippen LogP contribution in [0.2, 0.25) is 5.02 Å². The van der Waals surface area contributed by atoms with Crippen LogP contribution in [0.15, 0.2) is 53.5 Å². The van der Waals surface area contributed by atoms with Gasteiger partial charge in [-0.05, 0) is 17.7 Å². The molecule has 3 N–H and O–H groups in total. The lowest BCUT2D eigenvalue weighted by molar-refractivity contribution is 0.185. The third-order valence-electron chi connectivity index (χ3n) is 2.96. The molecule has 0 saturated heterocycles. The second kappa shape index (κ2) is 7.67. The van der Waals surface area contributed by atoms with Crippen molar-refractivity contribution in [3.63, 3.8) is 0 Å². The average molecular weight is 304 g/mol. The number of methoxy groups -OCH3 is 1. The zero-order valence-corrected chi connectivity index (χ0v) is 12.6. The van der Waals surface area contributed by atoms with Crippen LogP contribution < -0.4 is 11.1 Å². The highest BCUT2D eigenvalue weighted by Crippen LogP contribution is 2.17. The molecule has 0 fully saturated rings. The van der Waals surface area contributed by atoms with E-state index in [1.807, 2.05) is 48.5 Å². The Morgan fingerprint density at radius 2 is 1.81 bits per heavy atom. The normalized spacial score (nSPS) is 11.4. The molecule has 2 aromatic carbocycles. The van der Waals surface area contributed by atoms with Gasteiger partial charge in [-0.1, -0.05) is 48.0 Å². The van der Waals surface area contributed by atoms with Gasteiger partial charge in [-0.15, -0.1) is 0 Å². The predicted octanol–water partition coefficient (Wildman–Crippen LogP) is 3.41. The highest BCUT2D eigenvalue weighted by atomic mass is 35.5. The summed E-state index contributed by atoms with van der Waals surface area (Å²) in [6.45, 7) is 0.950. The Kier molecular flexibility index (Phi) is 5.60. The molecule has 0 radical (unpaired) electrons. The second-order valence-corrected chi connectivity index (χ2v) is 4.92. The number of nitrogens with two attached hydrogens (primary N) is 1. The fourth-order valence-corrected chi connectivity index (χ4v) is 2.09. The number of anilines is 1. The highest BCUT2D eigenvalue weighted by molar-refractivity contribution is 6.31. The summed E-state index contributed by atoms with van der Waals surface area (Å²) < 4.78 is 5.16. The molecule has 2 rings (SSSR count). The van der Waals surface area contributed by atoms with Gasteiger partial charge in [-0.2, -0.15) is 0 Å². The summed E-state index contributed by atoms with van der Waals surface area (Å²) in [4.78, 5) is 4.31. The van der Waals surface area contributed by atoms with E-state index in [0.29, 0.717) is 24.1 Å². The number of para-hydroxylation sites is 1. The van der Waals surface area contributed by atoms with Crippen molar-refractivity contribution in [1.29, 1.82) is 0 Å². The number of benzene rings is 2. The molecule has 0 atom stereocenters. The molecule has 0 saturated carbocycles. The molecule has 2 aromatic rings. The lowest BCUT2D eigenvalue weighted by Gasteiger charge is -2.11. The number of ether oxygens (including phenoxy) is 1. The Bertz CT molecular complexity index is 628. The van der Waals surface area contributed by atoms with E-state index in [1.54, 1.807) is 7.11 Å². The van der Waals surface area contributed by atoms with E-state index in [-0.39, 0.29) is 0 Å². The standard InChI is InChI=1S/C16H18ClN3O/c1-21-11-13-7-3-5-9-15(13)20-16(18)19-10-12-6-2-4-8-14(12)17/h2-9H,10-11H2,1H3,(H3,18,19,20). The summed E-state index contributed by atoms with van der Waals surface area (Å²) in [5.41, 5.74) is 8.78. The minimum atomic E-state index is 0.346. The molecule has 21 heavy (non-hydrogen) atoms. The number of hydrogen-bond acceptors (Lipinski definition) is 2. The van der Waals surface area contributed by atoms with Gasteiger partial charge < -0.3 is 15.8 Å². The van der Waals surface area contributed by atoms with E-state index in [9.17, 15) is 0 Å². The molecule has 0 aliphatic rings. The van der Waals surface area contributed by atoms with Gasteiger partial charge in [0, 0.05) is 23.4 Å². The number of rotatable bonds is 5. The van der Waals surface area contributed by atoms with Gasteiger partial charge in [0.2, 0.25) is 0 Å². The summed E-state index contributed by atoms with van der Waals surface area (Å²) in [7, 11) is 1.66. The van der Waals surface area contributed by atoms with Gasteiger partial charge in [0.15, 0.2) is 5.96 Å². The van der Waals surface area contributed by atoms with Crippen molar-refractivity contribution in [2.75, 3.05) is 12.4 Å². The lowest BCUT2D eigenvalue weighted by atomic mass is 10.2. The minimum absolute atomic E-state index is 0.346. The van der Waals surface area contributed by atoms with Crippen LogP contribution in [-0.4, -0.2) is 13.1 Å². The maximum absolute atomic E-state index is 6.09. The van der Waals surface area contributed by atoms with Gasteiger partial charge in [0.1, 0.15) is 0 Å². The van der Waals surface area contributed by atoms with Crippen LogP contribution in [0.4, 0.5) is 5.69 Å². The zero-order valence-electron chi connectivity index (χ0n) is 11.8. The Hall–Kier alpha value is -2.04. The molecule has 0 unspecified atom stereocenters. The van der Waals surface area contributed by atoms with Gasteiger partial charge in [-0.3, -0.25) is 0 Å². The van der Waals surface area contributed by atoms with Crippen molar-refractivity contribution < 1.29 is 4.74 Å². The molecular formula is C16H18ClN3O. The lowest BCUT2D eigenvalue weighted by Crippen LogP contribution is -2.23. The Labute approximate surface area is 129 Å². The molecule has 0 amide bonds. The predicted molar refractivity (Wildman–Crippen MR) is 87.6 cm³/mol. The van der Waals surface area contributed by atoms with Crippen molar-refractivity contribution in [2.45, 2.75) is 13.2 Å². The van der Waals surface area contributed by atoms with Crippen molar-refractivity contribution in [3.8, 4) is 0 Å². The molecule has 0 bridgehead atoms. The first-order valence-electron chi connectivity index (χ1n) is 6.58. The molecule has 0 spiro atoms. The van der Waals surface area contributed by atoms with Crippen LogP contribution in [-0.2, 0) is 17.9 Å². The molecule has 4 nitrogen and oxygen atoms in total. The van der Waals surface area contributed by atoms with Crippen molar-refractivity contribution in [1.82, 2.24) is 0 Å². The summed E-state index contributed by atoms with van der Waals surface area (Å²) in [6, 6.07) is 15.4. The van der Waals surface area contributed by atoms with Crippen LogP contribution in [0.5, 0.6) is 0 Å². The Balaban J connectivity index is 2.06. The van der Waals surface area contributed by atoms with E-state index in [4.69, 9.17) is 22.1 Å². The van der Waals surface area contributed by atoms with Gasteiger partial charge in [-0.25, -0.2) is 4.99 Å². The molecule has 5 heteroatoms. The topological polar surface area (TPSA) is 59.6 Å². The maximum atomic E-state index is 6.09. The quantitative estimate of drug-likeness (QED) is 0.657. The monoisotopic (exact) mass is 303 g/mol. The largest absolute Gasteiger partial charge is 0.380 e. The van der Waals surface area contributed by atoms with Gasteiger partial charge in [0.05, 0.1) is 13.2 Å². The summed E-state index contributed by atoms with van der Waals surface area (Å²) >= 11 is 6.09. The maximum Gasteiger partial charge on any atom is 0.193 e. The van der Waals surface area contributed by atoms with Gasteiger partial charge in [0.25, 0.3) is 0 Å². The molecule has 110 valence electrons. The van der Waals surface area contributed by atoms with E-state index in [1.165, 1.54) is 0 Å². The number of nitrogens with one attached hydrogen (secondary N) is 1. The first kappa shape index (κ1) is 15.4. The molecule has 0 aromatic heterocycles. The van der Waals surface area contributed by atoms with Crippen molar-refractivity contribution in [3.05, 3.63) is 64.7 Å². The SMILES string of the molecule is COCc1ccccc1NC(N)=NCc1ccccc1Cl. The van der Waals surface area contributed by atoms with Crippen molar-refractivity contribution in [2.24, 2.45) is 10.7 Å². The summed E-state index contributed by atoms with van der Waals surface area (Å²) in [5, 5.41) is 3.78. The van der Waals surface area contributed by atoms with E-state index < -0.39 is 0 Å². The Morgan fingerprint density at radius 1 is 1.14 bits per heavy atom. The fraction of sp³-hybridized carbons (Fsp3) is 0.188. The fourth-order valence-electron chi connectivity index (χ4n) is 1.90. The highest BCUT2D eigenvalue weighted by Gasteiger charge is 2.03. The van der Waals surface area contributed by atoms with Crippen LogP contribution in [0.1, 0.15) is 11.1 Å². The Morgan fingerprint density at radius 3 is 2.52 bits per heavy atom. The zero-order chi connectivity index (χ0) is 15.1. The first-order valence-corrected chi connectivity index (χ1v) is 6.95. The number of nitrogens with zero attached hydrogens (tertiary/aromatic N) is 1. The number of aliphatic imine (C=N–C) groups is 1. The summed E-state index contributed by atoms with van der Waals surface area (Å²) in [6.07, 6.45) is 0. The second-order valence-electron chi connectivity index (χ2n) is 4.51. The number of halogens is 1. The third-order valence-corrected chi connectivity index (χ3v) is 3.33. The van der Waals surface area contributed by atoms with E-state index in [2.05, 4.69) is 10.3 Å². The average Bonchev–Trinajstić information content (AvgIpc) is 2.49.